The van der Waals surface area contributed by atoms with Gasteiger partial charge in [0, 0.05) is 30.4 Å². The summed E-state index contributed by atoms with van der Waals surface area (Å²) in [6.07, 6.45) is 5.59. The van der Waals surface area contributed by atoms with Crippen molar-refractivity contribution >= 4 is 29.2 Å². The molecule has 2 aromatic carbocycles. The van der Waals surface area contributed by atoms with Crippen molar-refractivity contribution in [3.05, 3.63) is 101 Å². The van der Waals surface area contributed by atoms with Crippen molar-refractivity contribution in [2.75, 3.05) is 13.1 Å². The lowest BCUT2D eigenvalue weighted by atomic mass is 9.99. The molecule has 182 valence electrons. The summed E-state index contributed by atoms with van der Waals surface area (Å²) < 4.78 is 1.81. The van der Waals surface area contributed by atoms with E-state index in [4.69, 9.17) is 5.10 Å². The van der Waals surface area contributed by atoms with Crippen LogP contribution in [0.2, 0.25) is 0 Å². The van der Waals surface area contributed by atoms with Crippen molar-refractivity contribution in [2.45, 2.75) is 19.8 Å². The quantitative estimate of drug-likeness (QED) is 0.352. The molecule has 1 saturated heterocycles. The Labute approximate surface area is 214 Å². The maximum atomic E-state index is 13.7. The Hall–Kier alpha value is -3.97. The number of likely N-dealkylation sites (tertiary alicyclic amines) is 1. The Morgan fingerprint density at radius 1 is 0.972 bits per heavy atom. The molecule has 3 heterocycles. The van der Waals surface area contributed by atoms with E-state index in [-0.39, 0.29) is 17.5 Å². The molecule has 1 aliphatic rings. The number of aromatic nitrogens is 2. The number of thiophene rings is 1. The molecule has 5 rings (SSSR count). The van der Waals surface area contributed by atoms with Gasteiger partial charge in [0.15, 0.2) is 0 Å². The van der Waals surface area contributed by atoms with Crippen LogP contribution < -0.4 is 5.32 Å². The molecule has 0 unspecified atom stereocenters. The van der Waals surface area contributed by atoms with Gasteiger partial charge < -0.3 is 10.2 Å². The second kappa shape index (κ2) is 10.7. The molecule has 0 atom stereocenters. The largest absolute Gasteiger partial charge is 0.337 e. The highest BCUT2D eigenvalue weighted by Gasteiger charge is 2.25. The van der Waals surface area contributed by atoms with Crippen molar-refractivity contribution in [2.24, 2.45) is 5.92 Å². The first-order valence-electron chi connectivity index (χ1n) is 12.1. The summed E-state index contributed by atoms with van der Waals surface area (Å²) in [5.74, 6) is 0.111. The fourth-order valence-electron chi connectivity index (χ4n) is 4.28. The lowest BCUT2D eigenvalue weighted by molar-refractivity contribution is -0.128. The van der Waals surface area contributed by atoms with Gasteiger partial charge in [-0.3, -0.25) is 9.59 Å². The Morgan fingerprint density at radius 2 is 1.67 bits per heavy atom. The monoisotopic (exact) mass is 496 g/mol. The van der Waals surface area contributed by atoms with Gasteiger partial charge in [-0.25, -0.2) is 4.68 Å². The van der Waals surface area contributed by atoms with Crippen LogP contribution in [0, 0.1) is 5.92 Å². The van der Waals surface area contributed by atoms with Crippen LogP contribution in [0.4, 0.5) is 0 Å². The first-order valence-corrected chi connectivity index (χ1v) is 13.0. The third-order valence-electron chi connectivity index (χ3n) is 6.40. The molecule has 0 bridgehead atoms. The summed E-state index contributed by atoms with van der Waals surface area (Å²) in [7, 11) is 0. The van der Waals surface area contributed by atoms with Crippen LogP contribution in [0.1, 0.15) is 35.7 Å². The Balaban J connectivity index is 1.56. The maximum absolute atomic E-state index is 13.7. The van der Waals surface area contributed by atoms with Crippen LogP contribution in [-0.2, 0) is 4.79 Å². The van der Waals surface area contributed by atoms with Crippen molar-refractivity contribution in [1.29, 1.82) is 0 Å². The standard InChI is InChI=1S/C29H28N4O2S/c1-21-14-16-32(17-15-21)29(35)25(30-28(34)22-9-4-2-5-10-22)19-23-20-33(24-11-6-3-7-12-24)31-27(23)26-13-8-18-36-26/h2-13,18-21H,14-17H2,1H3,(H,30,34)/b25-19-. The van der Waals surface area contributed by atoms with E-state index >= 15 is 0 Å². The molecule has 1 fully saturated rings. The number of amides is 2. The van der Waals surface area contributed by atoms with Crippen LogP contribution in [0.15, 0.2) is 90.1 Å². The fourth-order valence-corrected chi connectivity index (χ4v) is 5.01. The second-order valence-corrected chi connectivity index (χ2v) is 9.99. The number of para-hydroxylation sites is 1. The second-order valence-electron chi connectivity index (χ2n) is 9.04. The number of carbonyl (C=O) groups excluding carboxylic acids is 2. The molecule has 0 saturated carbocycles. The average Bonchev–Trinajstić information content (AvgIpc) is 3.60. The lowest BCUT2D eigenvalue weighted by Crippen LogP contribution is -2.42. The van der Waals surface area contributed by atoms with E-state index in [1.54, 1.807) is 29.5 Å². The zero-order valence-corrected chi connectivity index (χ0v) is 20.9. The minimum Gasteiger partial charge on any atom is -0.337 e. The van der Waals surface area contributed by atoms with Crippen LogP contribution >= 0.6 is 11.3 Å². The van der Waals surface area contributed by atoms with Gasteiger partial charge in [0.1, 0.15) is 11.4 Å². The number of rotatable bonds is 6. The highest BCUT2D eigenvalue weighted by Crippen LogP contribution is 2.29. The average molecular weight is 497 g/mol. The maximum Gasteiger partial charge on any atom is 0.270 e. The molecule has 4 aromatic rings. The summed E-state index contributed by atoms with van der Waals surface area (Å²) in [6, 6.07) is 22.8. The summed E-state index contributed by atoms with van der Waals surface area (Å²) in [5.41, 5.74) is 3.20. The van der Waals surface area contributed by atoms with E-state index in [0.29, 0.717) is 24.6 Å². The van der Waals surface area contributed by atoms with Crippen LogP contribution in [0.25, 0.3) is 22.3 Å². The van der Waals surface area contributed by atoms with E-state index in [0.717, 1.165) is 34.7 Å². The predicted octanol–water partition coefficient (Wildman–Crippen LogP) is 5.63. The molecule has 1 aliphatic heterocycles. The molecular weight excluding hydrogens is 468 g/mol. The number of hydrogen-bond donors (Lipinski definition) is 1. The van der Waals surface area contributed by atoms with Gasteiger partial charge in [-0.05, 0) is 60.5 Å². The van der Waals surface area contributed by atoms with E-state index in [1.807, 2.05) is 81.8 Å². The van der Waals surface area contributed by atoms with E-state index in [9.17, 15) is 9.59 Å². The zero-order chi connectivity index (χ0) is 24.9. The summed E-state index contributed by atoms with van der Waals surface area (Å²) >= 11 is 1.59. The normalized spacial score (nSPS) is 14.6. The van der Waals surface area contributed by atoms with Crippen molar-refractivity contribution in [1.82, 2.24) is 20.0 Å². The number of piperidine rings is 1. The topological polar surface area (TPSA) is 67.2 Å². The number of benzene rings is 2. The number of nitrogens with zero attached hydrogens (tertiary/aromatic N) is 3. The van der Waals surface area contributed by atoms with Gasteiger partial charge in [-0.2, -0.15) is 5.10 Å². The number of hydrogen-bond acceptors (Lipinski definition) is 4. The first kappa shape index (κ1) is 23.8. The summed E-state index contributed by atoms with van der Waals surface area (Å²) in [6.45, 7) is 3.57. The first-order chi connectivity index (χ1) is 17.6. The minimum atomic E-state index is -0.311. The van der Waals surface area contributed by atoms with Crippen molar-refractivity contribution in [3.63, 3.8) is 0 Å². The smallest absolute Gasteiger partial charge is 0.270 e. The third-order valence-corrected chi connectivity index (χ3v) is 7.28. The highest BCUT2D eigenvalue weighted by atomic mass is 32.1. The molecule has 1 N–H and O–H groups in total. The molecule has 7 heteroatoms. The number of carbonyl (C=O) groups is 2. The summed E-state index contributed by atoms with van der Waals surface area (Å²) in [5, 5.41) is 9.75. The molecular formula is C29H28N4O2S. The van der Waals surface area contributed by atoms with Crippen LogP contribution in [0.5, 0.6) is 0 Å². The van der Waals surface area contributed by atoms with Crippen molar-refractivity contribution < 1.29 is 9.59 Å². The van der Waals surface area contributed by atoms with Gasteiger partial charge in [0.2, 0.25) is 0 Å². The zero-order valence-electron chi connectivity index (χ0n) is 20.1. The molecule has 36 heavy (non-hydrogen) atoms. The van der Waals surface area contributed by atoms with Gasteiger partial charge in [-0.15, -0.1) is 11.3 Å². The fraction of sp³-hybridized carbons (Fsp3) is 0.207. The van der Waals surface area contributed by atoms with Crippen LogP contribution in [-0.4, -0.2) is 39.6 Å². The van der Waals surface area contributed by atoms with E-state index < -0.39 is 0 Å². The van der Waals surface area contributed by atoms with E-state index in [2.05, 4.69) is 12.2 Å². The molecule has 0 aliphatic carbocycles. The SMILES string of the molecule is CC1CCN(C(=O)/C(=C/c2cn(-c3ccccc3)nc2-c2cccs2)NC(=O)c2ccccc2)CC1. The molecule has 0 radical (unpaired) electrons. The lowest BCUT2D eigenvalue weighted by Gasteiger charge is -2.31. The highest BCUT2D eigenvalue weighted by molar-refractivity contribution is 7.13. The number of nitrogens with one attached hydrogen (secondary N) is 1. The summed E-state index contributed by atoms with van der Waals surface area (Å²) in [4.78, 5) is 29.6. The predicted molar refractivity (Wildman–Crippen MR) is 144 cm³/mol. The molecule has 2 aromatic heterocycles. The Morgan fingerprint density at radius 3 is 2.33 bits per heavy atom. The molecule has 6 nitrogen and oxygen atoms in total. The minimum absolute atomic E-state index is 0.171. The van der Waals surface area contributed by atoms with Crippen molar-refractivity contribution in [3.8, 4) is 16.3 Å². The molecule has 0 spiro atoms. The Bertz CT molecular complexity index is 1350. The van der Waals surface area contributed by atoms with Gasteiger partial charge in [0.05, 0.1) is 10.6 Å². The third kappa shape index (κ3) is 5.31. The van der Waals surface area contributed by atoms with Gasteiger partial charge in [0.25, 0.3) is 11.8 Å². The van der Waals surface area contributed by atoms with E-state index in [1.165, 1.54) is 0 Å². The molecule has 2 amide bonds. The van der Waals surface area contributed by atoms with Crippen LogP contribution in [0.3, 0.4) is 0 Å². The van der Waals surface area contributed by atoms with Gasteiger partial charge in [-0.1, -0.05) is 49.4 Å². The van der Waals surface area contributed by atoms with Gasteiger partial charge >= 0.3 is 0 Å². The Kier molecular flexibility index (Phi) is 7.09.